The van der Waals surface area contributed by atoms with Crippen LogP contribution in [-0.4, -0.2) is 22.3 Å². The first-order chi connectivity index (χ1) is 9.60. The lowest BCUT2D eigenvalue weighted by atomic mass is 10.2. The van der Waals surface area contributed by atoms with Gasteiger partial charge in [-0.3, -0.25) is 4.79 Å². The van der Waals surface area contributed by atoms with E-state index in [1.165, 1.54) is 10.2 Å². The second-order valence-electron chi connectivity index (χ2n) is 4.83. The smallest absolute Gasteiger partial charge is 0.250 e. The van der Waals surface area contributed by atoms with E-state index in [4.69, 9.17) is 4.74 Å². The van der Waals surface area contributed by atoms with Crippen molar-refractivity contribution in [3.8, 4) is 5.75 Å². The van der Waals surface area contributed by atoms with Gasteiger partial charge in [-0.1, -0.05) is 19.1 Å². The van der Waals surface area contributed by atoms with Crippen molar-refractivity contribution in [2.75, 3.05) is 6.61 Å². The molecule has 0 N–H and O–H groups in total. The van der Waals surface area contributed by atoms with E-state index in [9.17, 15) is 4.79 Å². The van der Waals surface area contributed by atoms with Crippen LogP contribution in [0.5, 0.6) is 5.75 Å². The highest BCUT2D eigenvalue weighted by Gasteiger charge is 2.10. The average molecular weight is 272 g/mol. The predicted molar refractivity (Wildman–Crippen MR) is 78.3 cm³/mol. The lowest BCUT2D eigenvalue weighted by Crippen LogP contribution is -2.17. The van der Waals surface area contributed by atoms with Crippen molar-refractivity contribution in [2.24, 2.45) is 0 Å². The first kappa shape index (κ1) is 14.3. The first-order valence-electron chi connectivity index (χ1n) is 6.88. The molecular weight excluding hydrogens is 252 g/mol. The maximum Gasteiger partial charge on any atom is 0.250 e. The Morgan fingerprint density at radius 3 is 2.75 bits per heavy atom. The molecule has 106 valence electrons. The lowest BCUT2D eigenvalue weighted by molar-refractivity contribution is 0.0862. The Hall–Kier alpha value is -2.10. The molecule has 4 heteroatoms. The summed E-state index contributed by atoms with van der Waals surface area (Å²) < 4.78 is 7.07. The highest BCUT2D eigenvalue weighted by atomic mass is 16.5. The molecule has 0 radical (unpaired) electrons. The third-order valence-corrected chi connectivity index (χ3v) is 3.14. The molecule has 0 amide bonds. The Morgan fingerprint density at radius 2 is 2.10 bits per heavy atom. The number of hydrogen-bond donors (Lipinski definition) is 0. The van der Waals surface area contributed by atoms with E-state index < -0.39 is 0 Å². The van der Waals surface area contributed by atoms with Crippen molar-refractivity contribution >= 4 is 5.91 Å². The van der Waals surface area contributed by atoms with Crippen LogP contribution in [0, 0.1) is 13.8 Å². The molecule has 0 saturated carbocycles. The van der Waals surface area contributed by atoms with Gasteiger partial charge in [-0.15, -0.1) is 0 Å². The van der Waals surface area contributed by atoms with Crippen LogP contribution in [-0.2, 0) is 6.42 Å². The van der Waals surface area contributed by atoms with Crippen LogP contribution < -0.4 is 4.74 Å². The van der Waals surface area contributed by atoms with Crippen molar-refractivity contribution in [3.05, 3.63) is 47.3 Å². The van der Waals surface area contributed by atoms with Gasteiger partial charge in [0.15, 0.2) is 0 Å². The molecule has 0 unspecified atom stereocenters. The minimum absolute atomic E-state index is 0.0396. The topological polar surface area (TPSA) is 44.1 Å². The van der Waals surface area contributed by atoms with Gasteiger partial charge in [0, 0.05) is 5.69 Å². The van der Waals surface area contributed by atoms with Gasteiger partial charge in [0.1, 0.15) is 5.75 Å². The quantitative estimate of drug-likeness (QED) is 0.839. The van der Waals surface area contributed by atoms with Gasteiger partial charge in [0.25, 0.3) is 5.91 Å². The minimum Gasteiger partial charge on any atom is -0.493 e. The Kier molecular flexibility index (Phi) is 4.56. The standard InChI is InChI=1S/C16H20N2O2/c1-4-14-6-5-7-15(11-14)20-9-8-16(19)18-13(3)10-12(2)17-18/h5-7,10-11H,4,8-9H2,1-3H3. The number of aryl methyl sites for hydroxylation is 3. The second-order valence-corrected chi connectivity index (χ2v) is 4.83. The zero-order valence-corrected chi connectivity index (χ0v) is 12.2. The highest BCUT2D eigenvalue weighted by Crippen LogP contribution is 2.14. The fraction of sp³-hybridized carbons (Fsp3) is 0.375. The zero-order valence-electron chi connectivity index (χ0n) is 12.2. The number of rotatable bonds is 5. The van der Waals surface area contributed by atoms with Crippen LogP contribution >= 0.6 is 0 Å². The zero-order chi connectivity index (χ0) is 14.5. The molecule has 1 heterocycles. The van der Waals surface area contributed by atoms with Crippen molar-refractivity contribution in [2.45, 2.75) is 33.6 Å². The molecule has 1 aromatic heterocycles. The number of benzene rings is 1. The SMILES string of the molecule is CCc1cccc(OCCC(=O)n2nc(C)cc2C)c1. The fourth-order valence-corrected chi connectivity index (χ4v) is 2.10. The Bertz CT molecular complexity index is 602. The summed E-state index contributed by atoms with van der Waals surface area (Å²) in [6, 6.07) is 9.84. The molecule has 4 nitrogen and oxygen atoms in total. The first-order valence-corrected chi connectivity index (χ1v) is 6.88. The molecule has 0 aliphatic heterocycles. The van der Waals surface area contributed by atoms with E-state index in [0.29, 0.717) is 13.0 Å². The molecule has 2 aromatic rings. The Labute approximate surface area is 119 Å². The Morgan fingerprint density at radius 1 is 1.30 bits per heavy atom. The van der Waals surface area contributed by atoms with Gasteiger partial charge < -0.3 is 4.74 Å². The molecule has 20 heavy (non-hydrogen) atoms. The summed E-state index contributed by atoms with van der Waals surface area (Å²) in [5.41, 5.74) is 2.94. The van der Waals surface area contributed by atoms with Crippen LogP contribution in [0.2, 0.25) is 0 Å². The predicted octanol–water partition coefficient (Wildman–Crippen LogP) is 3.17. The molecule has 0 bridgehead atoms. The number of hydrogen-bond acceptors (Lipinski definition) is 3. The van der Waals surface area contributed by atoms with Crippen LogP contribution in [0.4, 0.5) is 0 Å². The van der Waals surface area contributed by atoms with Crippen LogP contribution in [0.15, 0.2) is 30.3 Å². The molecule has 0 aliphatic carbocycles. The summed E-state index contributed by atoms with van der Waals surface area (Å²) in [5, 5.41) is 4.17. The molecule has 0 spiro atoms. The highest BCUT2D eigenvalue weighted by molar-refractivity contribution is 5.78. The van der Waals surface area contributed by atoms with Crippen molar-refractivity contribution in [3.63, 3.8) is 0 Å². The maximum atomic E-state index is 12.0. The van der Waals surface area contributed by atoms with E-state index in [1.807, 2.05) is 38.1 Å². The van der Waals surface area contributed by atoms with Gasteiger partial charge in [-0.05, 0) is 44.0 Å². The number of aromatic nitrogens is 2. The number of carbonyl (C=O) groups is 1. The fourth-order valence-electron chi connectivity index (χ4n) is 2.10. The molecule has 2 rings (SSSR count). The summed E-state index contributed by atoms with van der Waals surface area (Å²) in [7, 11) is 0. The summed E-state index contributed by atoms with van der Waals surface area (Å²) >= 11 is 0. The minimum atomic E-state index is -0.0396. The summed E-state index contributed by atoms with van der Waals surface area (Å²) in [4.78, 5) is 12.0. The van der Waals surface area contributed by atoms with Gasteiger partial charge >= 0.3 is 0 Å². The van der Waals surface area contributed by atoms with E-state index >= 15 is 0 Å². The van der Waals surface area contributed by atoms with Gasteiger partial charge in [-0.2, -0.15) is 5.10 Å². The third-order valence-electron chi connectivity index (χ3n) is 3.14. The molecule has 0 atom stereocenters. The van der Waals surface area contributed by atoms with E-state index in [-0.39, 0.29) is 5.91 Å². The van der Waals surface area contributed by atoms with Gasteiger partial charge in [-0.25, -0.2) is 4.68 Å². The summed E-state index contributed by atoms with van der Waals surface area (Å²) in [5.74, 6) is 0.771. The number of carbonyl (C=O) groups excluding carboxylic acids is 1. The van der Waals surface area contributed by atoms with Crippen LogP contribution in [0.25, 0.3) is 0 Å². The maximum absolute atomic E-state index is 12.0. The summed E-state index contributed by atoms with van der Waals surface area (Å²) in [6.07, 6.45) is 1.29. The molecule has 1 aromatic carbocycles. The largest absolute Gasteiger partial charge is 0.493 e. The summed E-state index contributed by atoms with van der Waals surface area (Å²) in [6.45, 7) is 6.23. The molecule has 0 saturated heterocycles. The Balaban J connectivity index is 1.89. The van der Waals surface area contributed by atoms with Gasteiger partial charge in [0.05, 0.1) is 18.7 Å². The normalized spacial score (nSPS) is 10.6. The number of nitrogens with zero attached hydrogens (tertiary/aromatic N) is 2. The molecular formula is C16H20N2O2. The van der Waals surface area contributed by atoms with E-state index in [1.54, 1.807) is 0 Å². The molecule has 0 aliphatic rings. The van der Waals surface area contributed by atoms with Crippen molar-refractivity contribution < 1.29 is 9.53 Å². The lowest BCUT2D eigenvalue weighted by Gasteiger charge is -2.07. The van der Waals surface area contributed by atoms with E-state index in [2.05, 4.69) is 18.1 Å². The molecule has 0 fully saturated rings. The average Bonchev–Trinajstić information content (AvgIpc) is 2.78. The monoisotopic (exact) mass is 272 g/mol. The van der Waals surface area contributed by atoms with Crippen molar-refractivity contribution in [1.29, 1.82) is 0 Å². The second kappa shape index (κ2) is 6.37. The van der Waals surface area contributed by atoms with Crippen LogP contribution in [0.1, 0.15) is 35.1 Å². The number of ether oxygens (including phenoxy) is 1. The van der Waals surface area contributed by atoms with E-state index in [0.717, 1.165) is 23.6 Å². The van der Waals surface area contributed by atoms with Crippen molar-refractivity contribution in [1.82, 2.24) is 9.78 Å². The van der Waals surface area contributed by atoms with Gasteiger partial charge in [0.2, 0.25) is 0 Å². The van der Waals surface area contributed by atoms with Crippen LogP contribution in [0.3, 0.4) is 0 Å². The third kappa shape index (κ3) is 3.47.